The Morgan fingerprint density at radius 2 is 1.77 bits per heavy atom. The minimum atomic E-state index is -0.354. The Morgan fingerprint density at radius 1 is 0.903 bits per heavy atom. The van der Waals surface area contributed by atoms with E-state index in [9.17, 15) is 4.39 Å². The number of pyridine rings is 2. The molecule has 4 aromatic heterocycles. The van der Waals surface area contributed by atoms with Gasteiger partial charge in [-0.2, -0.15) is 5.10 Å². The van der Waals surface area contributed by atoms with Gasteiger partial charge in [-0.05, 0) is 30.3 Å². The summed E-state index contributed by atoms with van der Waals surface area (Å²) < 4.78 is 16.1. The van der Waals surface area contributed by atoms with Gasteiger partial charge in [0.1, 0.15) is 5.82 Å². The first kappa shape index (κ1) is 19.0. The van der Waals surface area contributed by atoms with Gasteiger partial charge in [-0.1, -0.05) is 12.1 Å². The van der Waals surface area contributed by atoms with Gasteiger partial charge in [0.25, 0.3) is 0 Å². The normalized spacial score (nSPS) is 11.2. The second-order valence-electron chi connectivity index (χ2n) is 6.91. The van der Waals surface area contributed by atoms with Crippen LogP contribution in [0.25, 0.3) is 44.8 Å². The van der Waals surface area contributed by atoms with Crippen LogP contribution in [-0.2, 0) is 6.54 Å². The molecule has 0 radical (unpaired) electrons. The molecule has 0 bridgehead atoms. The number of nitrogens with zero attached hydrogens (tertiary/aromatic N) is 6. The molecular formula is C23H17FN6O. The topological polar surface area (TPSA) is 89.6 Å². The summed E-state index contributed by atoms with van der Waals surface area (Å²) in [7, 11) is 0. The minimum absolute atomic E-state index is 0.00165. The van der Waals surface area contributed by atoms with Crippen LogP contribution in [0.2, 0.25) is 0 Å². The largest absolute Gasteiger partial charge is 0.394 e. The van der Waals surface area contributed by atoms with Crippen molar-refractivity contribution in [3.63, 3.8) is 0 Å². The van der Waals surface area contributed by atoms with Gasteiger partial charge < -0.3 is 5.11 Å². The summed E-state index contributed by atoms with van der Waals surface area (Å²) >= 11 is 0. The highest BCUT2D eigenvalue weighted by Crippen LogP contribution is 2.32. The Balaban J connectivity index is 1.67. The van der Waals surface area contributed by atoms with Crippen LogP contribution in [0.1, 0.15) is 0 Å². The molecule has 0 saturated carbocycles. The molecule has 4 heterocycles. The third kappa shape index (κ3) is 3.64. The zero-order valence-corrected chi connectivity index (χ0v) is 16.4. The average molecular weight is 412 g/mol. The Morgan fingerprint density at radius 3 is 2.65 bits per heavy atom. The number of benzene rings is 1. The van der Waals surface area contributed by atoms with E-state index in [1.165, 1.54) is 6.07 Å². The van der Waals surface area contributed by atoms with Gasteiger partial charge in [0.2, 0.25) is 0 Å². The summed E-state index contributed by atoms with van der Waals surface area (Å²) in [6, 6.07) is 12.1. The molecule has 0 fully saturated rings. The summed E-state index contributed by atoms with van der Waals surface area (Å²) in [5.41, 5.74) is 4.17. The van der Waals surface area contributed by atoms with E-state index in [0.717, 1.165) is 16.5 Å². The summed E-state index contributed by atoms with van der Waals surface area (Å²) in [5, 5.41) is 14.1. The molecule has 152 valence electrons. The molecule has 0 atom stereocenters. The molecule has 0 aliphatic rings. The highest BCUT2D eigenvalue weighted by molar-refractivity contribution is 5.94. The van der Waals surface area contributed by atoms with E-state index in [4.69, 9.17) is 10.1 Å². The van der Waals surface area contributed by atoms with Gasteiger partial charge in [-0.3, -0.25) is 9.67 Å². The molecule has 5 rings (SSSR count). The quantitative estimate of drug-likeness (QED) is 0.473. The average Bonchev–Trinajstić information content (AvgIpc) is 3.28. The van der Waals surface area contributed by atoms with Crippen molar-refractivity contribution >= 4 is 11.0 Å². The number of halogens is 1. The zero-order chi connectivity index (χ0) is 21.2. The van der Waals surface area contributed by atoms with Crippen LogP contribution < -0.4 is 0 Å². The van der Waals surface area contributed by atoms with Gasteiger partial charge in [-0.15, -0.1) is 0 Å². The fraction of sp³-hybridized carbons (Fsp3) is 0.0870. The summed E-state index contributed by atoms with van der Waals surface area (Å²) in [6.45, 7) is 0.404. The second kappa shape index (κ2) is 8.00. The van der Waals surface area contributed by atoms with Gasteiger partial charge in [0.05, 0.1) is 48.8 Å². The first-order valence-electron chi connectivity index (χ1n) is 9.70. The Bertz CT molecular complexity index is 1380. The number of aliphatic hydroxyl groups excluding tert-OH is 1. The summed E-state index contributed by atoms with van der Waals surface area (Å²) in [5.74, 6) is -0.354. The standard InChI is InChI=1S/C23H17FN6O/c24-19-6-2-1-4-17(19)20-10-18(16-5-3-7-26-23(16)29-20)22-13-25-12-21(28-22)15-11-27-30(14-15)8-9-31/h1-7,10-14,31H,8-9H2. The van der Waals surface area contributed by atoms with Gasteiger partial charge in [0.15, 0.2) is 5.65 Å². The molecule has 5 aromatic rings. The molecule has 8 heteroatoms. The summed E-state index contributed by atoms with van der Waals surface area (Å²) in [4.78, 5) is 18.1. The highest BCUT2D eigenvalue weighted by atomic mass is 19.1. The van der Waals surface area contributed by atoms with Crippen molar-refractivity contribution in [3.8, 4) is 33.8 Å². The van der Waals surface area contributed by atoms with E-state index in [2.05, 4.69) is 20.1 Å². The lowest BCUT2D eigenvalue weighted by Crippen LogP contribution is -2.01. The van der Waals surface area contributed by atoms with Crippen molar-refractivity contribution in [1.29, 1.82) is 0 Å². The van der Waals surface area contributed by atoms with Crippen LogP contribution in [0.4, 0.5) is 4.39 Å². The van der Waals surface area contributed by atoms with Crippen molar-refractivity contribution in [2.75, 3.05) is 6.61 Å². The van der Waals surface area contributed by atoms with Gasteiger partial charge in [-0.25, -0.2) is 19.3 Å². The minimum Gasteiger partial charge on any atom is -0.394 e. The van der Waals surface area contributed by atoms with Crippen molar-refractivity contribution in [3.05, 3.63) is 79.3 Å². The van der Waals surface area contributed by atoms with Crippen LogP contribution in [0.3, 0.4) is 0 Å². The fourth-order valence-electron chi connectivity index (χ4n) is 3.43. The molecule has 0 amide bonds. The predicted molar refractivity (Wildman–Crippen MR) is 114 cm³/mol. The molecule has 7 nitrogen and oxygen atoms in total. The van der Waals surface area contributed by atoms with E-state index in [1.54, 1.807) is 53.9 Å². The van der Waals surface area contributed by atoms with Gasteiger partial charge >= 0.3 is 0 Å². The third-order valence-electron chi connectivity index (χ3n) is 4.90. The lowest BCUT2D eigenvalue weighted by molar-refractivity contribution is 0.269. The summed E-state index contributed by atoms with van der Waals surface area (Å²) in [6.07, 6.45) is 8.46. The zero-order valence-electron chi connectivity index (χ0n) is 16.4. The SMILES string of the molecule is OCCn1cc(-c2cncc(-c3cc(-c4ccccc4F)nc4ncccc34)n2)cn1. The molecule has 0 unspecified atom stereocenters. The van der Waals surface area contributed by atoms with Crippen LogP contribution in [0.5, 0.6) is 0 Å². The molecule has 0 aliphatic carbocycles. The number of hydrogen-bond acceptors (Lipinski definition) is 6. The number of fused-ring (bicyclic) bond motifs is 1. The van der Waals surface area contributed by atoms with Crippen LogP contribution in [0.15, 0.2) is 73.4 Å². The molecule has 0 aliphatic heterocycles. The Labute approximate surface area is 176 Å². The van der Waals surface area contributed by atoms with Crippen molar-refractivity contribution in [2.45, 2.75) is 6.54 Å². The first-order valence-corrected chi connectivity index (χ1v) is 9.70. The lowest BCUT2D eigenvalue weighted by Gasteiger charge is -2.10. The molecule has 1 aromatic carbocycles. The van der Waals surface area contributed by atoms with Crippen molar-refractivity contribution < 1.29 is 9.50 Å². The highest BCUT2D eigenvalue weighted by Gasteiger charge is 2.15. The lowest BCUT2D eigenvalue weighted by atomic mass is 10.0. The van der Waals surface area contributed by atoms with E-state index in [-0.39, 0.29) is 12.4 Å². The maximum absolute atomic E-state index is 14.4. The van der Waals surface area contributed by atoms with Crippen LogP contribution >= 0.6 is 0 Å². The van der Waals surface area contributed by atoms with E-state index in [1.807, 2.05) is 18.2 Å². The van der Waals surface area contributed by atoms with Crippen molar-refractivity contribution in [2.24, 2.45) is 0 Å². The molecule has 1 N–H and O–H groups in total. The number of hydrogen-bond donors (Lipinski definition) is 1. The maximum atomic E-state index is 14.4. The first-order chi connectivity index (χ1) is 15.2. The van der Waals surface area contributed by atoms with E-state index in [0.29, 0.717) is 34.8 Å². The second-order valence-corrected chi connectivity index (χ2v) is 6.91. The van der Waals surface area contributed by atoms with Crippen molar-refractivity contribution in [1.82, 2.24) is 29.7 Å². The number of rotatable bonds is 5. The number of aromatic nitrogens is 6. The van der Waals surface area contributed by atoms with E-state index < -0.39 is 0 Å². The monoisotopic (exact) mass is 412 g/mol. The fourth-order valence-corrected chi connectivity index (χ4v) is 3.43. The van der Waals surface area contributed by atoms with Gasteiger partial charge in [0, 0.05) is 34.5 Å². The molecule has 0 saturated heterocycles. The number of aliphatic hydroxyl groups is 1. The molecular weight excluding hydrogens is 395 g/mol. The van der Waals surface area contributed by atoms with Crippen LogP contribution in [-0.4, -0.2) is 41.4 Å². The van der Waals surface area contributed by atoms with Crippen LogP contribution in [0, 0.1) is 5.82 Å². The Kier molecular flexibility index (Phi) is 4.89. The van der Waals surface area contributed by atoms with E-state index >= 15 is 0 Å². The maximum Gasteiger partial charge on any atom is 0.160 e. The smallest absolute Gasteiger partial charge is 0.160 e. The predicted octanol–water partition coefficient (Wildman–Crippen LogP) is 3.75. The molecule has 31 heavy (non-hydrogen) atoms. The third-order valence-corrected chi connectivity index (χ3v) is 4.90. The molecule has 0 spiro atoms. The Hall–Kier alpha value is -4.04.